The minimum atomic E-state index is -0.499. The highest BCUT2D eigenvalue weighted by Gasteiger charge is 2.27. The van der Waals surface area contributed by atoms with Crippen molar-refractivity contribution in [3.63, 3.8) is 0 Å². The van der Waals surface area contributed by atoms with Crippen LogP contribution in [0.15, 0.2) is 29.8 Å². The van der Waals surface area contributed by atoms with Crippen LogP contribution in [0.5, 0.6) is 0 Å². The van der Waals surface area contributed by atoms with Crippen molar-refractivity contribution >= 4 is 22.8 Å². The Morgan fingerprint density at radius 1 is 1.27 bits per heavy atom. The summed E-state index contributed by atoms with van der Waals surface area (Å²) in [7, 11) is 0. The Bertz CT molecular complexity index is 715. The molecule has 1 aromatic heterocycles. The van der Waals surface area contributed by atoms with Gasteiger partial charge < -0.3 is 17.0 Å². The summed E-state index contributed by atoms with van der Waals surface area (Å²) in [6, 6.07) is 6.14. The molecular formula is C15H15BrN2O3S. The van der Waals surface area contributed by atoms with Gasteiger partial charge in [0.15, 0.2) is 5.69 Å². The summed E-state index contributed by atoms with van der Waals surface area (Å²) in [5.41, 5.74) is 3.25. The van der Waals surface area contributed by atoms with Crippen LogP contribution in [0.2, 0.25) is 0 Å². The minimum Gasteiger partial charge on any atom is -1.00 e. The van der Waals surface area contributed by atoms with Gasteiger partial charge in [-0.05, 0) is 25.3 Å². The van der Waals surface area contributed by atoms with Crippen LogP contribution in [0.1, 0.15) is 33.8 Å². The number of nitro groups is 1. The molecule has 0 spiro atoms. The van der Waals surface area contributed by atoms with Gasteiger partial charge in [-0.3, -0.25) is 14.9 Å². The van der Waals surface area contributed by atoms with Gasteiger partial charge in [0.1, 0.15) is 5.56 Å². The third-order valence-electron chi connectivity index (χ3n) is 3.77. The monoisotopic (exact) mass is 382 g/mol. The van der Waals surface area contributed by atoms with E-state index in [1.807, 2.05) is 10.1 Å². The van der Waals surface area contributed by atoms with Gasteiger partial charge in [-0.1, -0.05) is 23.5 Å². The zero-order valence-corrected chi connectivity index (χ0v) is 14.2. The van der Waals surface area contributed by atoms with Crippen LogP contribution in [-0.2, 0) is 19.4 Å². The van der Waals surface area contributed by atoms with Crippen molar-refractivity contribution in [3.05, 3.63) is 56.0 Å². The highest BCUT2D eigenvalue weighted by atomic mass is 79.9. The fourth-order valence-corrected chi connectivity index (χ4v) is 3.80. The van der Waals surface area contributed by atoms with Crippen molar-refractivity contribution < 1.29 is 31.3 Å². The molecule has 116 valence electrons. The summed E-state index contributed by atoms with van der Waals surface area (Å²) in [4.78, 5) is 24.3. The van der Waals surface area contributed by atoms with E-state index in [1.165, 1.54) is 29.1 Å². The number of nitro benzene ring substituents is 1. The average molecular weight is 383 g/mol. The number of carbonyl (C=O) groups is 1. The van der Waals surface area contributed by atoms with Gasteiger partial charge in [0.25, 0.3) is 5.69 Å². The highest BCUT2D eigenvalue weighted by molar-refractivity contribution is 7.09. The number of hydrogen-bond acceptors (Lipinski definition) is 4. The number of para-hydroxylation sites is 1. The van der Waals surface area contributed by atoms with E-state index in [0.717, 1.165) is 19.3 Å². The molecule has 1 heterocycles. The van der Waals surface area contributed by atoms with Crippen LogP contribution in [0.4, 0.5) is 5.69 Å². The number of fused-ring (bicyclic) bond motifs is 1. The number of hydrogen-bond donors (Lipinski definition) is 0. The lowest BCUT2D eigenvalue weighted by Crippen LogP contribution is -3.00. The topological polar surface area (TPSA) is 64.1 Å². The van der Waals surface area contributed by atoms with E-state index in [9.17, 15) is 14.9 Å². The molecule has 1 aliphatic carbocycles. The number of halogens is 1. The number of ketones is 1. The van der Waals surface area contributed by atoms with Gasteiger partial charge in [0, 0.05) is 12.5 Å². The van der Waals surface area contributed by atoms with Crippen LogP contribution < -0.4 is 21.5 Å². The van der Waals surface area contributed by atoms with Gasteiger partial charge in [0.2, 0.25) is 17.8 Å². The lowest BCUT2D eigenvalue weighted by atomic mass is 10.0. The number of nitrogens with zero attached hydrogens (tertiary/aromatic N) is 2. The maximum atomic E-state index is 12.4. The summed E-state index contributed by atoms with van der Waals surface area (Å²) in [6.45, 7) is 0.177. The third kappa shape index (κ3) is 3.25. The molecule has 2 aromatic rings. The van der Waals surface area contributed by atoms with E-state index in [1.54, 1.807) is 23.5 Å². The molecule has 0 radical (unpaired) electrons. The molecule has 1 aliphatic rings. The second-order valence-electron chi connectivity index (χ2n) is 5.13. The molecule has 0 atom stereocenters. The van der Waals surface area contributed by atoms with Crippen LogP contribution in [0, 0.1) is 10.1 Å². The smallest absolute Gasteiger partial charge is 0.280 e. The number of carbonyl (C=O) groups excluding carboxylic acids is 1. The first-order valence-corrected chi connectivity index (χ1v) is 7.80. The summed E-state index contributed by atoms with van der Waals surface area (Å²) in [6.07, 6.45) is 4.41. The molecule has 0 amide bonds. The number of aryl methyl sites for hydroxylation is 1. The van der Waals surface area contributed by atoms with Gasteiger partial charge in [0.05, 0.1) is 9.80 Å². The molecule has 1 aromatic carbocycles. The lowest BCUT2D eigenvalue weighted by molar-refractivity contribution is -0.686. The van der Waals surface area contributed by atoms with Gasteiger partial charge in [-0.25, -0.2) is 0 Å². The van der Waals surface area contributed by atoms with Gasteiger partial charge in [-0.15, -0.1) is 0 Å². The van der Waals surface area contributed by atoms with Crippen LogP contribution in [0.3, 0.4) is 0 Å². The second-order valence-corrected chi connectivity index (χ2v) is 6.06. The Kier molecular flexibility index (Phi) is 5.42. The van der Waals surface area contributed by atoms with Crippen LogP contribution in [-0.4, -0.2) is 10.7 Å². The lowest BCUT2D eigenvalue weighted by Gasteiger charge is -2.07. The highest BCUT2D eigenvalue weighted by Crippen LogP contribution is 2.23. The van der Waals surface area contributed by atoms with Crippen molar-refractivity contribution in [2.45, 2.75) is 32.2 Å². The first-order chi connectivity index (χ1) is 10.2. The Morgan fingerprint density at radius 2 is 2.00 bits per heavy atom. The largest absolute Gasteiger partial charge is 1.00 e. The number of Topliss-reactive ketones (excluding diaryl/α,β-unsaturated/α-hetero) is 1. The summed E-state index contributed by atoms with van der Waals surface area (Å²) in [5.74, 6) is -0.210. The predicted octanol–water partition coefficient (Wildman–Crippen LogP) is -0.291. The minimum absolute atomic E-state index is 0. The Labute approximate surface area is 142 Å². The van der Waals surface area contributed by atoms with E-state index >= 15 is 0 Å². The maximum absolute atomic E-state index is 12.4. The Balaban J connectivity index is 0.00000176. The first kappa shape index (κ1) is 16.8. The summed E-state index contributed by atoms with van der Waals surface area (Å²) < 4.78 is 1.96. The average Bonchev–Trinajstić information content (AvgIpc) is 2.90. The van der Waals surface area contributed by atoms with E-state index in [4.69, 9.17) is 0 Å². The Hall–Kier alpha value is -1.60. The summed E-state index contributed by atoms with van der Waals surface area (Å²) >= 11 is 1.68. The zero-order valence-electron chi connectivity index (χ0n) is 11.8. The number of rotatable bonds is 4. The molecule has 0 N–H and O–H groups in total. The fraction of sp³-hybridized carbons (Fsp3) is 0.333. The van der Waals surface area contributed by atoms with E-state index in [-0.39, 0.29) is 40.6 Å². The van der Waals surface area contributed by atoms with Crippen molar-refractivity contribution in [3.8, 4) is 0 Å². The molecule has 3 rings (SSSR count). The SMILES string of the molecule is O=C(C[n+]1csc2c1CCCC2)c1ccccc1[N+](=O)[O-].[Br-]. The molecule has 0 saturated carbocycles. The van der Waals surface area contributed by atoms with E-state index in [2.05, 4.69) is 0 Å². The molecule has 0 fully saturated rings. The van der Waals surface area contributed by atoms with Crippen molar-refractivity contribution in [1.82, 2.24) is 0 Å². The molecule has 7 heteroatoms. The zero-order chi connectivity index (χ0) is 14.8. The number of thiazole rings is 1. The molecular weight excluding hydrogens is 368 g/mol. The third-order valence-corrected chi connectivity index (χ3v) is 4.86. The first-order valence-electron chi connectivity index (χ1n) is 6.92. The molecule has 5 nitrogen and oxygen atoms in total. The molecule has 0 saturated heterocycles. The van der Waals surface area contributed by atoms with Gasteiger partial charge >= 0.3 is 0 Å². The van der Waals surface area contributed by atoms with Crippen molar-refractivity contribution in [2.75, 3.05) is 0 Å². The van der Waals surface area contributed by atoms with Crippen molar-refractivity contribution in [1.29, 1.82) is 0 Å². The van der Waals surface area contributed by atoms with Crippen LogP contribution in [0.25, 0.3) is 0 Å². The fourth-order valence-electron chi connectivity index (χ4n) is 2.72. The quantitative estimate of drug-likeness (QED) is 0.316. The Morgan fingerprint density at radius 3 is 2.77 bits per heavy atom. The van der Waals surface area contributed by atoms with E-state index in [0.29, 0.717) is 0 Å². The second kappa shape index (κ2) is 7.11. The van der Waals surface area contributed by atoms with Gasteiger partial charge in [-0.2, -0.15) is 4.57 Å². The normalized spacial score (nSPS) is 13.1. The number of benzene rings is 1. The summed E-state index contributed by atoms with van der Waals surface area (Å²) in [5, 5.41) is 11.0. The maximum Gasteiger partial charge on any atom is 0.280 e. The molecule has 22 heavy (non-hydrogen) atoms. The standard InChI is InChI=1S/C15H15N2O3S.BrH/c18-14(11-5-1-2-6-12(11)17(19)20)9-16-10-21-15-8-4-3-7-13(15)16;/h1-2,5-6,10H,3-4,7-9H2;1H/q+1;/p-1. The molecule has 0 unspecified atom stereocenters. The predicted molar refractivity (Wildman–Crippen MR) is 78.6 cm³/mol. The molecule has 0 bridgehead atoms. The van der Waals surface area contributed by atoms with Crippen LogP contribution >= 0.6 is 11.3 Å². The molecule has 0 aliphatic heterocycles. The number of aromatic nitrogens is 1. The van der Waals surface area contributed by atoms with Crippen molar-refractivity contribution in [2.24, 2.45) is 0 Å². The van der Waals surface area contributed by atoms with E-state index < -0.39 is 4.92 Å².